The highest BCUT2D eigenvalue weighted by atomic mass is 35.5. The molecular formula is C24H32Cl2N2O4S. The summed E-state index contributed by atoms with van der Waals surface area (Å²) in [7, 11) is -3.05. The van der Waals surface area contributed by atoms with Gasteiger partial charge in [-0.3, -0.25) is 4.90 Å². The first-order chi connectivity index (χ1) is 15.7. The smallest absolute Gasteiger partial charge is 0.151 e. The Morgan fingerprint density at radius 2 is 1.82 bits per heavy atom. The summed E-state index contributed by atoms with van der Waals surface area (Å²) in [4.78, 5) is 4.32. The molecule has 0 amide bonds. The first-order valence-corrected chi connectivity index (χ1v) is 13.8. The number of sulfone groups is 1. The Bertz CT molecular complexity index is 1010. The van der Waals surface area contributed by atoms with Gasteiger partial charge in [0, 0.05) is 42.9 Å². The maximum Gasteiger partial charge on any atom is 0.151 e. The van der Waals surface area contributed by atoms with E-state index in [0.717, 1.165) is 24.3 Å². The van der Waals surface area contributed by atoms with Crippen molar-refractivity contribution in [2.45, 2.75) is 39.0 Å². The zero-order valence-corrected chi connectivity index (χ0v) is 21.4. The van der Waals surface area contributed by atoms with Crippen molar-refractivity contribution in [3.63, 3.8) is 0 Å². The summed E-state index contributed by atoms with van der Waals surface area (Å²) in [6.07, 6.45) is -0.244. The zero-order valence-electron chi connectivity index (χ0n) is 19.1. The fourth-order valence-corrected chi connectivity index (χ4v) is 6.37. The van der Waals surface area contributed by atoms with Crippen molar-refractivity contribution in [1.29, 1.82) is 0 Å². The summed E-state index contributed by atoms with van der Waals surface area (Å²) in [6.45, 7) is 7.01. The predicted octanol–water partition coefficient (Wildman–Crippen LogP) is 4.27. The van der Waals surface area contributed by atoms with Crippen LogP contribution in [0.15, 0.2) is 42.5 Å². The number of aliphatic hydroxyl groups excluding tert-OH is 1. The Morgan fingerprint density at radius 3 is 2.39 bits per heavy atom. The number of hydrogen-bond donors (Lipinski definition) is 1. The van der Waals surface area contributed by atoms with Crippen molar-refractivity contribution in [3.8, 4) is 5.75 Å². The van der Waals surface area contributed by atoms with Gasteiger partial charge in [0.25, 0.3) is 0 Å². The zero-order chi connectivity index (χ0) is 24.0. The third-order valence-electron chi connectivity index (χ3n) is 5.95. The second-order valence-corrected chi connectivity index (χ2v) is 11.4. The molecule has 1 saturated heterocycles. The average Bonchev–Trinajstić information content (AvgIpc) is 3.14. The average molecular weight is 516 g/mol. The summed E-state index contributed by atoms with van der Waals surface area (Å²) >= 11 is 12.1. The standard InChI is InChI=1S/C24H32Cl2N2O4S/c1-3-27(4-2)20-8-5-18(6-9-20)14-28(21-11-12-33(30,31)17-21)15-22(29)16-32-24-10-7-19(25)13-23(24)26/h5-10,13,21-22,29H,3-4,11-12,14-17H2,1-2H3. The van der Waals surface area contributed by atoms with Crippen molar-refractivity contribution in [3.05, 3.63) is 58.1 Å². The van der Waals surface area contributed by atoms with E-state index in [1.165, 1.54) is 0 Å². The highest BCUT2D eigenvalue weighted by Gasteiger charge is 2.33. The lowest BCUT2D eigenvalue weighted by molar-refractivity contribution is 0.0525. The largest absolute Gasteiger partial charge is 0.489 e. The summed E-state index contributed by atoms with van der Waals surface area (Å²) in [5.74, 6) is 0.741. The number of ether oxygens (including phenoxy) is 1. The van der Waals surface area contributed by atoms with Gasteiger partial charge in [-0.2, -0.15) is 0 Å². The van der Waals surface area contributed by atoms with Gasteiger partial charge in [-0.15, -0.1) is 0 Å². The lowest BCUT2D eigenvalue weighted by Crippen LogP contribution is -2.42. The van der Waals surface area contributed by atoms with Gasteiger partial charge in [-0.05, 0) is 56.2 Å². The Morgan fingerprint density at radius 1 is 1.12 bits per heavy atom. The van der Waals surface area contributed by atoms with Crippen LogP contribution < -0.4 is 9.64 Å². The Balaban J connectivity index is 1.67. The van der Waals surface area contributed by atoms with Crippen LogP contribution in [0.25, 0.3) is 0 Å². The second kappa shape index (κ2) is 11.8. The van der Waals surface area contributed by atoms with Crippen molar-refractivity contribution < 1.29 is 18.3 Å². The van der Waals surface area contributed by atoms with Crippen molar-refractivity contribution in [2.24, 2.45) is 0 Å². The molecule has 0 aliphatic carbocycles. The highest BCUT2D eigenvalue weighted by molar-refractivity contribution is 7.91. The number of nitrogens with zero attached hydrogens (tertiary/aromatic N) is 2. The Kier molecular flexibility index (Phi) is 9.30. The molecule has 0 aromatic heterocycles. The summed E-state index contributed by atoms with van der Waals surface area (Å²) in [5.41, 5.74) is 2.23. The van der Waals surface area contributed by atoms with Gasteiger partial charge in [0.1, 0.15) is 18.5 Å². The SMILES string of the molecule is CCN(CC)c1ccc(CN(CC(O)COc2ccc(Cl)cc2Cl)C2CCS(=O)(=O)C2)cc1. The molecule has 1 N–H and O–H groups in total. The highest BCUT2D eigenvalue weighted by Crippen LogP contribution is 2.28. The van der Waals surface area contributed by atoms with Crippen LogP contribution in [0.2, 0.25) is 10.0 Å². The molecule has 2 unspecified atom stereocenters. The molecule has 1 fully saturated rings. The van der Waals surface area contributed by atoms with E-state index in [9.17, 15) is 13.5 Å². The fourth-order valence-electron chi connectivity index (χ4n) is 4.14. The van der Waals surface area contributed by atoms with Crippen LogP contribution in [0.3, 0.4) is 0 Å². The molecule has 9 heteroatoms. The Hall–Kier alpha value is -1.51. The fraction of sp³-hybridized carbons (Fsp3) is 0.500. The minimum absolute atomic E-state index is 0.0399. The maximum atomic E-state index is 12.1. The molecule has 6 nitrogen and oxygen atoms in total. The van der Waals surface area contributed by atoms with E-state index >= 15 is 0 Å². The quantitative estimate of drug-likeness (QED) is 0.482. The molecule has 0 spiro atoms. The molecule has 2 aromatic carbocycles. The number of aliphatic hydroxyl groups is 1. The van der Waals surface area contributed by atoms with E-state index in [2.05, 4.69) is 47.9 Å². The van der Waals surface area contributed by atoms with Gasteiger partial charge >= 0.3 is 0 Å². The molecule has 0 saturated carbocycles. The van der Waals surface area contributed by atoms with E-state index < -0.39 is 15.9 Å². The molecule has 1 aliphatic heterocycles. The van der Waals surface area contributed by atoms with E-state index in [4.69, 9.17) is 27.9 Å². The third-order valence-corrected chi connectivity index (χ3v) is 8.23. The van der Waals surface area contributed by atoms with E-state index in [1.807, 2.05) is 0 Å². The molecule has 1 heterocycles. The van der Waals surface area contributed by atoms with E-state index in [-0.39, 0.29) is 24.2 Å². The molecule has 2 aromatic rings. The molecule has 1 aliphatic rings. The Labute approximate surface area is 207 Å². The number of rotatable bonds is 11. The minimum atomic E-state index is -3.05. The predicted molar refractivity (Wildman–Crippen MR) is 135 cm³/mol. The van der Waals surface area contributed by atoms with Gasteiger partial charge < -0.3 is 14.7 Å². The van der Waals surface area contributed by atoms with Gasteiger partial charge in [0.2, 0.25) is 0 Å². The summed E-state index contributed by atoms with van der Waals surface area (Å²) in [6, 6.07) is 13.1. The van der Waals surface area contributed by atoms with Gasteiger partial charge in [-0.1, -0.05) is 35.3 Å². The number of benzene rings is 2. The first kappa shape index (κ1) is 26.1. The first-order valence-electron chi connectivity index (χ1n) is 11.2. The van der Waals surface area contributed by atoms with Crippen molar-refractivity contribution >= 4 is 38.7 Å². The van der Waals surface area contributed by atoms with Crippen LogP contribution in [-0.2, 0) is 16.4 Å². The van der Waals surface area contributed by atoms with Crippen LogP contribution in [0.1, 0.15) is 25.8 Å². The van der Waals surface area contributed by atoms with E-state index in [0.29, 0.717) is 35.3 Å². The van der Waals surface area contributed by atoms with Crippen LogP contribution in [0, 0.1) is 0 Å². The molecule has 0 bridgehead atoms. The van der Waals surface area contributed by atoms with Crippen LogP contribution in [0.5, 0.6) is 5.75 Å². The second-order valence-electron chi connectivity index (χ2n) is 8.36. The topological polar surface area (TPSA) is 70.1 Å². The monoisotopic (exact) mass is 514 g/mol. The van der Waals surface area contributed by atoms with Gasteiger partial charge in [0.15, 0.2) is 9.84 Å². The molecule has 0 radical (unpaired) electrons. The number of anilines is 1. The van der Waals surface area contributed by atoms with Gasteiger partial charge in [0.05, 0.1) is 16.5 Å². The summed E-state index contributed by atoms with van der Waals surface area (Å²) < 4.78 is 29.9. The lowest BCUT2D eigenvalue weighted by Gasteiger charge is -2.30. The molecule has 182 valence electrons. The third kappa shape index (κ3) is 7.49. The van der Waals surface area contributed by atoms with Crippen molar-refractivity contribution in [2.75, 3.05) is 42.6 Å². The van der Waals surface area contributed by atoms with Crippen LogP contribution in [-0.4, -0.2) is 68.3 Å². The summed E-state index contributed by atoms with van der Waals surface area (Å²) in [5, 5.41) is 11.6. The lowest BCUT2D eigenvalue weighted by atomic mass is 10.1. The maximum absolute atomic E-state index is 12.1. The van der Waals surface area contributed by atoms with Gasteiger partial charge in [-0.25, -0.2) is 8.42 Å². The molecule has 3 rings (SSSR count). The number of hydrogen-bond acceptors (Lipinski definition) is 6. The normalized spacial score (nSPS) is 18.4. The molecular weight excluding hydrogens is 483 g/mol. The number of halogens is 2. The van der Waals surface area contributed by atoms with E-state index in [1.54, 1.807) is 18.2 Å². The van der Waals surface area contributed by atoms with Crippen LogP contribution >= 0.6 is 23.2 Å². The molecule has 2 atom stereocenters. The minimum Gasteiger partial charge on any atom is -0.489 e. The molecule has 33 heavy (non-hydrogen) atoms. The van der Waals surface area contributed by atoms with Crippen molar-refractivity contribution in [1.82, 2.24) is 4.90 Å². The van der Waals surface area contributed by atoms with Crippen LogP contribution in [0.4, 0.5) is 5.69 Å².